The van der Waals surface area contributed by atoms with Crippen molar-refractivity contribution in [3.8, 4) is 0 Å². The Morgan fingerprint density at radius 2 is 2.50 bits per heavy atom. The molecule has 0 radical (unpaired) electrons. The van der Waals surface area contributed by atoms with Gasteiger partial charge in [-0.2, -0.15) is 0 Å². The van der Waals surface area contributed by atoms with E-state index in [1.165, 1.54) is 18.4 Å². The highest BCUT2D eigenvalue weighted by Gasteiger charge is 2.19. The number of aromatic nitrogens is 1. The summed E-state index contributed by atoms with van der Waals surface area (Å²) in [6.07, 6.45) is 0. The van der Waals surface area contributed by atoms with Crippen LogP contribution < -0.4 is 5.32 Å². The van der Waals surface area contributed by atoms with Gasteiger partial charge in [-0.3, -0.25) is 0 Å². The zero-order valence-corrected chi connectivity index (χ0v) is 7.40. The van der Waals surface area contributed by atoms with Crippen LogP contribution in [0.15, 0.2) is 0 Å². The second-order valence-corrected chi connectivity index (χ2v) is 3.57. The monoisotopic (exact) mass is 184 g/mol. The number of carbonyl (C=O) groups is 1. The Morgan fingerprint density at radius 3 is 3.17 bits per heavy atom. The average Bonchev–Trinajstić information content (AvgIpc) is 2.60. The molecule has 0 atom stereocenters. The Hall–Kier alpha value is -0.940. The number of hydrogen-bond acceptors (Lipinski definition) is 5. The first kappa shape index (κ1) is 7.70. The zero-order valence-electron chi connectivity index (χ0n) is 6.59. The third-order valence-corrected chi connectivity index (χ3v) is 2.79. The van der Waals surface area contributed by atoms with Gasteiger partial charge in [-0.05, 0) is 0 Å². The lowest BCUT2D eigenvalue weighted by Gasteiger charge is -1.92. The number of rotatable bonds is 1. The largest absolute Gasteiger partial charge is 0.464 e. The fourth-order valence-corrected chi connectivity index (χ4v) is 2.09. The number of carbonyl (C=O) groups excluding carboxylic acids is 1. The van der Waals surface area contributed by atoms with Gasteiger partial charge in [0.25, 0.3) is 0 Å². The Bertz CT molecular complexity index is 300. The van der Waals surface area contributed by atoms with Gasteiger partial charge < -0.3 is 10.1 Å². The van der Waals surface area contributed by atoms with Gasteiger partial charge in [-0.25, -0.2) is 9.78 Å². The Balaban J connectivity index is 2.31. The van der Waals surface area contributed by atoms with Gasteiger partial charge in [0, 0.05) is 18.0 Å². The van der Waals surface area contributed by atoms with Gasteiger partial charge >= 0.3 is 5.97 Å². The van der Waals surface area contributed by atoms with Crippen molar-refractivity contribution >= 4 is 17.3 Å². The summed E-state index contributed by atoms with van der Waals surface area (Å²) in [6, 6.07) is 0. The van der Waals surface area contributed by atoms with Crippen LogP contribution in [0.4, 0.5) is 0 Å². The van der Waals surface area contributed by atoms with Crippen LogP contribution >= 0.6 is 11.3 Å². The van der Waals surface area contributed by atoms with Crippen molar-refractivity contribution in [2.24, 2.45) is 0 Å². The molecule has 4 nitrogen and oxygen atoms in total. The number of methoxy groups -OCH3 is 1. The van der Waals surface area contributed by atoms with Crippen molar-refractivity contribution < 1.29 is 9.53 Å². The van der Waals surface area contributed by atoms with Gasteiger partial charge in [0.2, 0.25) is 5.01 Å². The minimum Gasteiger partial charge on any atom is -0.464 e. The quantitative estimate of drug-likeness (QED) is 0.647. The number of ether oxygens (including phenoxy) is 1. The van der Waals surface area contributed by atoms with Gasteiger partial charge in [-0.15, -0.1) is 11.3 Å². The standard InChI is InChI=1S/C7H8N2O2S/c1-11-7(10)6-9-4-2-8-3-5(4)12-6/h8H,2-3H2,1H3. The first-order chi connectivity index (χ1) is 5.81. The Kier molecular flexibility index (Phi) is 1.82. The topological polar surface area (TPSA) is 51.2 Å². The van der Waals surface area contributed by atoms with Crippen LogP contribution in [0.1, 0.15) is 20.4 Å². The summed E-state index contributed by atoms with van der Waals surface area (Å²) < 4.78 is 4.56. The summed E-state index contributed by atoms with van der Waals surface area (Å²) in [5.74, 6) is -0.339. The van der Waals surface area contributed by atoms with Crippen LogP contribution in [-0.4, -0.2) is 18.1 Å². The predicted octanol–water partition coefficient (Wildman–Crippen LogP) is 0.533. The van der Waals surface area contributed by atoms with E-state index < -0.39 is 0 Å². The van der Waals surface area contributed by atoms with Crippen molar-refractivity contribution in [2.75, 3.05) is 7.11 Å². The van der Waals surface area contributed by atoms with Crippen molar-refractivity contribution in [3.63, 3.8) is 0 Å². The van der Waals surface area contributed by atoms with E-state index in [1.54, 1.807) is 0 Å². The van der Waals surface area contributed by atoms with E-state index in [0.717, 1.165) is 23.7 Å². The molecule has 0 unspecified atom stereocenters. The number of fused-ring (bicyclic) bond motifs is 1. The van der Waals surface area contributed by atoms with Crippen LogP contribution in [0, 0.1) is 0 Å². The summed E-state index contributed by atoms with van der Waals surface area (Å²) in [6.45, 7) is 1.59. The number of nitrogens with one attached hydrogen (secondary N) is 1. The molecule has 0 bridgehead atoms. The summed E-state index contributed by atoms with van der Waals surface area (Å²) in [5.41, 5.74) is 0.986. The molecule has 2 rings (SSSR count). The lowest BCUT2D eigenvalue weighted by atomic mass is 10.4. The summed E-state index contributed by atoms with van der Waals surface area (Å²) in [4.78, 5) is 16.3. The van der Waals surface area contributed by atoms with Gasteiger partial charge in [-0.1, -0.05) is 0 Å². The SMILES string of the molecule is COC(=O)c1nc2c(s1)CNC2. The normalized spacial score (nSPS) is 14.4. The number of nitrogens with zero attached hydrogens (tertiary/aromatic N) is 1. The lowest BCUT2D eigenvalue weighted by molar-refractivity contribution is 0.0600. The predicted molar refractivity (Wildman–Crippen MR) is 44.0 cm³/mol. The molecule has 1 aliphatic heterocycles. The third kappa shape index (κ3) is 1.11. The molecular weight excluding hydrogens is 176 g/mol. The van der Waals surface area contributed by atoms with Crippen molar-refractivity contribution in [1.82, 2.24) is 10.3 Å². The van der Waals surface area contributed by atoms with E-state index in [9.17, 15) is 4.79 Å². The first-order valence-electron chi connectivity index (χ1n) is 3.59. The van der Waals surface area contributed by atoms with Crippen molar-refractivity contribution in [2.45, 2.75) is 13.1 Å². The van der Waals surface area contributed by atoms with E-state index in [-0.39, 0.29) is 5.97 Å². The summed E-state index contributed by atoms with van der Waals surface area (Å²) in [7, 11) is 1.37. The van der Waals surface area contributed by atoms with E-state index in [2.05, 4.69) is 15.0 Å². The van der Waals surface area contributed by atoms with Crippen LogP contribution in [0.25, 0.3) is 0 Å². The van der Waals surface area contributed by atoms with Gasteiger partial charge in [0.1, 0.15) is 0 Å². The maximum Gasteiger partial charge on any atom is 0.367 e. The number of hydrogen-bond donors (Lipinski definition) is 1. The minimum absolute atomic E-state index is 0.339. The van der Waals surface area contributed by atoms with Crippen molar-refractivity contribution in [3.05, 3.63) is 15.6 Å². The molecule has 0 aliphatic carbocycles. The lowest BCUT2D eigenvalue weighted by Crippen LogP contribution is -2.04. The van der Waals surface area contributed by atoms with Crippen LogP contribution in [0.3, 0.4) is 0 Å². The molecular formula is C7H8N2O2S. The Morgan fingerprint density at radius 1 is 1.67 bits per heavy atom. The first-order valence-corrected chi connectivity index (χ1v) is 4.40. The van der Waals surface area contributed by atoms with Crippen LogP contribution in [-0.2, 0) is 17.8 Å². The maximum absolute atomic E-state index is 11.0. The molecule has 0 amide bonds. The molecule has 12 heavy (non-hydrogen) atoms. The zero-order chi connectivity index (χ0) is 8.55. The van der Waals surface area contributed by atoms with Crippen LogP contribution in [0.5, 0.6) is 0 Å². The molecule has 0 spiro atoms. The van der Waals surface area contributed by atoms with E-state index in [1.807, 2.05) is 0 Å². The summed E-state index contributed by atoms with van der Waals surface area (Å²) >= 11 is 1.41. The maximum atomic E-state index is 11.0. The molecule has 0 saturated heterocycles. The second-order valence-electron chi connectivity index (χ2n) is 2.48. The minimum atomic E-state index is -0.339. The van der Waals surface area contributed by atoms with E-state index in [0.29, 0.717) is 5.01 Å². The number of thiazole rings is 1. The fraction of sp³-hybridized carbons (Fsp3) is 0.429. The molecule has 5 heteroatoms. The molecule has 1 N–H and O–H groups in total. The van der Waals surface area contributed by atoms with E-state index >= 15 is 0 Å². The molecule has 1 aliphatic rings. The highest BCUT2D eigenvalue weighted by Crippen LogP contribution is 2.22. The van der Waals surface area contributed by atoms with Crippen molar-refractivity contribution in [1.29, 1.82) is 0 Å². The molecule has 1 aromatic rings. The highest BCUT2D eigenvalue weighted by atomic mass is 32.1. The van der Waals surface area contributed by atoms with Gasteiger partial charge in [0.15, 0.2) is 0 Å². The van der Waals surface area contributed by atoms with Gasteiger partial charge in [0.05, 0.1) is 12.8 Å². The molecule has 64 valence electrons. The Labute approximate surface area is 73.6 Å². The fourth-order valence-electron chi connectivity index (χ4n) is 1.13. The third-order valence-electron chi connectivity index (χ3n) is 1.72. The molecule has 0 aromatic carbocycles. The highest BCUT2D eigenvalue weighted by molar-refractivity contribution is 7.13. The average molecular weight is 184 g/mol. The summed E-state index contributed by atoms with van der Waals surface area (Å²) in [5, 5.41) is 3.61. The molecule has 1 aromatic heterocycles. The van der Waals surface area contributed by atoms with Crippen LogP contribution in [0.2, 0.25) is 0 Å². The molecule has 0 fully saturated rings. The number of esters is 1. The molecule has 0 saturated carbocycles. The second kappa shape index (κ2) is 2.84. The smallest absolute Gasteiger partial charge is 0.367 e. The van der Waals surface area contributed by atoms with E-state index in [4.69, 9.17) is 0 Å². The molecule has 2 heterocycles.